The Morgan fingerprint density at radius 2 is 1.70 bits per heavy atom. The van der Waals surface area contributed by atoms with Crippen molar-refractivity contribution in [1.29, 1.82) is 0 Å². The van der Waals surface area contributed by atoms with Crippen LogP contribution in [-0.2, 0) is 12.0 Å². The largest absolute Gasteiger partial charge is 1.00 e. The van der Waals surface area contributed by atoms with E-state index in [0.29, 0.717) is 0 Å². The molecule has 0 spiro atoms. The van der Waals surface area contributed by atoms with Crippen LogP contribution in [0.3, 0.4) is 0 Å². The molecule has 0 unspecified atom stereocenters. The van der Waals surface area contributed by atoms with Crippen LogP contribution in [0, 0.1) is 10.1 Å². The van der Waals surface area contributed by atoms with Crippen LogP contribution in [-0.4, -0.2) is 15.2 Å². The van der Waals surface area contributed by atoms with Gasteiger partial charge in [-0.05, 0) is 26.0 Å². The van der Waals surface area contributed by atoms with E-state index in [1.165, 1.54) is 17.0 Å². The van der Waals surface area contributed by atoms with Gasteiger partial charge in [-0.25, -0.2) is 0 Å². The van der Waals surface area contributed by atoms with Crippen molar-refractivity contribution in [2.75, 3.05) is 0 Å². The van der Waals surface area contributed by atoms with E-state index >= 15 is 0 Å². The molecule has 120 valence electrons. The molecule has 1 heterocycles. The first-order valence-corrected chi connectivity index (χ1v) is 7.35. The van der Waals surface area contributed by atoms with E-state index in [1.54, 1.807) is 12.1 Å². The fourth-order valence-electron chi connectivity index (χ4n) is 3.06. The molecular weight excluding hydrogens is 356 g/mol. The molecular formula is C18H19BrN2O2. The Hall–Kier alpha value is -2.01. The Kier molecular flexibility index (Phi) is 4.71. The van der Waals surface area contributed by atoms with Gasteiger partial charge in [0, 0.05) is 36.2 Å². The van der Waals surface area contributed by atoms with E-state index < -0.39 is 0 Å². The number of hydrogen-bond donors (Lipinski definition) is 0. The summed E-state index contributed by atoms with van der Waals surface area (Å²) in [6, 6.07) is 15.2. The number of para-hydroxylation sites is 1. The van der Waals surface area contributed by atoms with Gasteiger partial charge >= 0.3 is 0 Å². The van der Waals surface area contributed by atoms with Crippen molar-refractivity contribution in [2.45, 2.75) is 32.7 Å². The van der Waals surface area contributed by atoms with Crippen molar-refractivity contribution in [2.24, 2.45) is 0 Å². The maximum absolute atomic E-state index is 10.7. The zero-order valence-corrected chi connectivity index (χ0v) is 15.0. The van der Waals surface area contributed by atoms with Crippen LogP contribution < -0.4 is 17.0 Å². The topological polar surface area (TPSA) is 46.1 Å². The van der Waals surface area contributed by atoms with Crippen LogP contribution in [0.1, 0.15) is 31.9 Å². The van der Waals surface area contributed by atoms with Crippen LogP contribution in [0.2, 0.25) is 0 Å². The normalized spacial score (nSPS) is 15.1. The fourth-order valence-corrected chi connectivity index (χ4v) is 3.06. The van der Waals surface area contributed by atoms with Crippen molar-refractivity contribution < 1.29 is 26.5 Å². The minimum absolute atomic E-state index is 0. The van der Waals surface area contributed by atoms with Gasteiger partial charge in [0.1, 0.15) is 0 Å². The van der Waals surface area contributed by atoms with Crippen LogP contribution in [0.4, 0.5) is 11.4 Å². The zero-order chi connectivity index (χ0) is 15.9. The lowest BCUT2D eigenvalue weighted by atomic mass is 9.82. The number of hydrogen-bond acceptors (Lipinski definition) is 2. The third-order valence-corrected chi connectivity index (χ3v) is 4.67. The molecule has 0 atom stereocenters. The van der Waals surface area contributed by atoms with Crippen molar-refractivity contribution >= 4 is 17.1 Å². The predicted molar refractivity (Wildman–Crippen MR) is 86.9 cm³/mol. The van der Waals surface area contributed by atoms with Crippen LogP contribution >= 0.6 is 0 Å². The van der Waals surface area contributed by atoms with E-state index in [9.17, 15) is 10.1 Å². The summed E-state index contributed by atoms with van der Waals surface area (Å²) in [5.74, 6) is 0. The molecule has 2 aromatic carbocycles. The van der Waals surface area contributed by atoms with Gasteiger partial charge < -0.3 is 17.0 Å². The first-order chi connectivity index (χ1) is 10.4. The highest BCUT2D eigenvalue weighted by molar-refractivity contribution is 5.93. The molecule has 0 aromatic heterocycles. The first kappa shape index (κ1) is 17.3. The first-order valence-electron chi connectivity index (χ1n) is 7.35. The Bertz CT molecular complexity index is 780. The summed E-state index contributed by atoms with van der Waals surface area (Å²) in [5, 5.41) is 10.7. The number of nitro groups is 1. The van der Waals surface area contributed by atoms with Gasteiger partial charge in [-0.1, -0.05) is 18.2 Å². The molecule has 0 amide bonds. The summed E-state index contributed by atoms with van der Waals surface area (Å²) in [5.41, 5.74) is 5.06. The molecule has 0 radical (unpaired) electrons. The molecule has 0 bridgehead atoms. The number of benzene rings is 2. The van der Waals surface area contributed by atoms with Crippen molar-refractivity contribution in [3.8, 4) is 0 Å². The molecule has 4 nitrogen and oxygen atoms in total. The van der Waals surface area contributed by atoms with E-state index in [0.717, 1.165) is 12.1 Å². The fraction of sp³-hybridized carbons (Fsp3) is 0.278. The molecule has 0 fully saturated rings. The number of nitrogens with zero attached hydrogens (tertiary/aromatic N) is 2. The number of non-ortho nitro benzene ring substituents is 1. The average molecular weight is 375 g/mol. The number of nitro benzene ring substituents is 1. The number of fused-ring (bicyclic) bond motifs is 1. The van der Waals surface area contributed by atoms with E-state index in [4.69, 9.17) is 0 Å². The highest BCUT2D eigenvalue weighted by Gasteiger charge is 2.42. The van der Waals surface area contributed by atoms with Gasteiger partial charge in [-0.3, -0.25) is 10.1 Å². The lowest BCUT2D eigenvalue weighted by molar-refractivity contribution is -0.456. The molecule has 0 saturated heterocycles. The van der Waals surface area contributed by atoms with Gasteiger partial charge in [0.25, 0.3) is 5.69 Å². The minimum atomic E-state index is -0.366. The summed E-state index contributed by atoms with van der Waals surface area (Å²) in [6.07, 6.45) is 0. The summed E-state index contributed by atoms with van der Waals surface area (Å²) in [4.78, 5) is 10.4. The molecule has 0 saturated carbocycles. The Balaban J connectivity index is 0.00000192. The number of rotatable bonds is 3. The molecule has 0 aliphatic carbocycles. The number of halogens is 1. The highest BCUT2D eigenvalue weighted by atomic mass is 79.9. The Labute approximate surface area is 146 Å². The summed E-state index contributed by atoms with van der Waals surface area (Å²) in [6.45, 7) is 7.35. The molecule has 2 aromatic rings. The molecule has 0 N–H and O–H groups in total. The molecule has 1 aliphatic rings. The average Bonchev–Trinajstić information content (AvgIpc) is 2.69. The van der Waals surface area contributed by atoms with Crippen LogP contribution in [0.5, 0.6) is 0 Å². The summed E-state index contributed by atoms with van der Waals surface area (Å²) >= 11 is 0. The third-order valence-electron chi connectivity index (χ3n) is 4.67. The standard InChI is InChI=1S/C18H19N2O2.BrH/c1-13-18(2,3)16-6-4-5-7-17(16)19(13)12-14-8-10-15(11-9-14)20(21)22;/h4-11H,12H2,1-3H3;1H/q+1;/p-1. The molecule has 23 heavy (non-hydrogen) atoms. The molecule has 1 aliphatic heterocycles. The van der Waals surface area contributed by atoms with E-state index in [2.05, 4.69) is 49.6 Å². The lowest BCUT2D eigenvalue weighted by Gasteiger charge is -2.14. The maximum Gasteiger partial charge on any atom is 0.269 e. The van der Waals surface area contributed by atoms with Gasteiger partial charge in [0.15, 0.2) is 12.3 Å². The van der Waals surface area contributed by atoms with Gasteiger partial charge in [-0.2, -0.15) is 4.58 Å². The van der Waals surface area contributed by atoms with Crippen LogP contribution in [0.15, 0.2) is 48.5 Å². The second-order valence-electron chi connectivity index (χ2n) is 6.24. The summed E-state index contributed by atoms with van der Waals surface area (Å²) < 4.78 is 2.30. The van der Waals surface area contributed by atoms with Crippen molar-refractivity contribution in [3.05, 3.63) is 69.8 Å². The van der Waals surface area contributed by atoms with Crippen molar-refractivity contribution in [1.82, 2.24) is 0 Å². The smallest absolute Gasteiger partial charge is 0.269 e. The monoisotopic (exact) mass is 374 g/mol. The summed E-state index contributed by atoms with van der Waals surface area (Å²) in [7, 11) is 0. The predicted octanol–water partition coefficient (Wildman–Crippen LogP) is 1.20. The Morgan fingerprint density at radius 3 is 2.30 bits per heavy atom. The zero-order valence-electron chi connectivity index (χ0n) is 13.4. The third kappa shape index (κ3) is 2.93. The quantitative estimate of drug-likeness (QED) is 0.460. The van der Waals surface area contributed by atoms with E-state index in [-0.39, 0.29) is 33.0 Å². The second-order valence-corrected chi connectivity index (χ2v) is 6.24. The molecule has 3 rings (SSSR count). The van der Waals surface area contributed by atoms with Gasteiger partial charge in [0.05, 0.1) is 10.3 Å². The van der Waals surface area contributed by atoms with E-state index in [1.807, 2.05) is 12.1 Å². The second kappa shape index (κ2) is 6.24. The maximum atomic E-state index is 10.7. The SMILES string of the molecule is CC1=[N+](Cc2ccc([N+](=O)[O-])cc2)c2ccccc2C1(C)C.[Br-]. The molecule has 5 heteroatoms. The Morgan fingerprint density at radius 1 is 1.09 bits per heavy atom. The highest BCUT2D eigenvalue weighted by Crippen LogP contribution is 2.39. The van der Waals surface area contributed by atoms with Crippen LogP contribution in [0.25, 0.3) is 0 Å². The van der Waals surface area contributed by atoms with Gasteiger partial charge in [0.2, 0.25) is 5.69 Å². The minimum Gasteiger partial charge on any atom is -1.00 e. The van der Waals surface area contributed by atoms with Gasteiger partial charge in [-0.15, -0.1) is 0 Å². The van der Waals surface area contributed by atoms with Crippen molar-refractivity contribution in [3.63, 3.8) is 0 Å². The lowest BCUT2D eigenvalue weighted by Crippen LogP contribution is -3.00.